The van der Waals surface area contributed by atoms with Gasteiger partial charge in [0.25, 0.3) is 0 Å². The van der Waals surface area contributed by atoms with Crippen molar-refractivity contribution in [1.82, 2.24) is 0 Å². The van der Waals surface area contributed by atoms with Crippen LogP contribution in [0.5, 0.6) is 0 Å². The Balaban J connectivity index is 2.78. The summed E-state index contributed by atoms with van der Waals surface area (Å²) in [7, 11) is -0.930. The zero-order valence-electron chi connectivity index (χ0n) is 8.78. The molecule has 0 saturated carbocycles. The van der Waals surface area contributed by atoms with Crippen molar-refractivity contribution in [2.75, 3.05) is 6.54 Å². The SMILES string of the molecule is CCC(CCN)S(=O)c1ccc(Br)cc1. The average Bonchev–Trinajstić information content (AvgIpc) is 2.26. The highest BCUT2D eigenvalue weighted by atomic mass is 79.9. The van der Waals surface area contributed by atoms with Gasteiger partial charge in [-0.1, -0.05) is 22.9 Å². The molecule has 0 aliphatic carbocycles. The summed E-state index contributed by atoms with van der Waals surface area (Å²) >= 11 is 3.36. The molecule has 2 nitrogen and oxygen atoms in total. The first-order valence-electron chi connectivity index (χ1n) is 5.05. The fourth-order valence-electron chi connectivity index (χ4n) is 1.41. The lowest BCUT2D eigenvalue weighted by Gasteiger charge is -2.13. The lowest BCUT2D eigenvalue weighted by atomic mass is 10.2. The minimum absolute atomic E-state index is 0.177. The molecule has 0 amide bonds. The monoisotopic (exact) mass is 289 g/mol. The van der Waals surface area contributed by atoms with Crippen LogP contribution in [0.15, 0.2) is 33.6 Å². The minimum atomic E-state index is -0.930. The molecule has 15 heavy (non-hydrogen) atoms. The third-order valence-electron chi connectivity index (χ3n) is 2.29. The highest BCUT2D eigenvalue weighted by Crippen LogP contribution is 2.18. The molecule has 4 heteroatoms. The van der Waals surface area contributed by atoms with Crippen molar-refractivity contribution in [3.8, 4) is 0 Å². The van der Waals surface area contributed by atoms with Crippen molar-refractivity contribution in [2.24, 2.45) is 5.73 Å². The summed E-state index contributed by atoms with van der Waals surface area (Å²) in [6.45, 7) is 2.65. The standard InChI is InChI=1S/C11H16BrNOS/c1-2-10(7-8-13)15(14)11-5-3-9(12)4-6-11/h3-6,10H,2,7-8,13H2,1H3. The molecular weight excluding hydrogens is 274 g/mol. The molecule has 0 aromatic heterocycles. The van der Waals surface area contributed by atoms with Crippen LogP contribution in [-0.2, 0) is 10.8 Å². The van der Waals surface area contributed by atoms with E-state index in [4.69, 9.17) is 5.73 Å². The van der Waals surface area contributed by atoms with Crippen LogP contribution >= 0.6 is 15.9 Å². The summed E-state index contributed by atoms with van der Waals surface area (Å²) in [4.78, 5) is 0.888. The molecule has 0 heterocycles. The highest BCUT2D eigenvalue weighted by Gasteiger charge is 2.15. The van der Waals surface area contributed by atoms with E-state index in [-0.39, 0.29) is 5.25 Å². The van der Waals surface area contributed by atoms with Gasteiger partial charge in [-0.25, -0.2) is 0 Å². The highest BCUT2D eigenvalue weighted by molar-refractivity contribution is 9.10. The first kappa shape index (κ1) is 12.9. The van der Waals surface area contributed by atoms with Gasteiger partial charge in [-0.2, -0.15) is 0 Å². The summed E-state index contributed by atoms with van der Waals surface area (Å²) in [5, 5.41) is 0.177. The Kier molecular flexibility index (Phi) is 5.50. The molecule has 1 rings (SSSR count). The van der Waals surface area contributed by atoms with Gasteiger partial charge < -0.3 is 5.73 Å². The van der Waals surface area contributed by atoms with E-state index >= 15 is 0 Å². The van der Waals surface area contributed by atoms with Gasteiger partial charge in [0.2, 0.25) is 0 Å². The van der Waals surface area contributed by atoms with E-state index in [2.05, 4.69) is 22.9 Å². The maximum atomic E-state index is 12.1. The van der Waals surface area contributed by atoms with E-state index in [1.807, 2.05) is 24.3 Å². The zero-order chi connectivity index (χ0) is 11.3. The predicted octanol–water partition coefficient (Wildman–Crippen LogP) is 2.68. The summed E-state index contributed by atoms with van der Waals surface area (Å²) in [5.41, 5.74) is 5.50. The molecule has 2 N–H and O–H groups in total. The Morgan fingerprint density at radius 3 is 2.47 bits per heavy atom. The maximum absolute atomic E-state index is 12.1. The predicted molar refractivity (Wildman–Crippen MR) is 68.3 cm³/mol. The van der Waals surface area contributed by atoms with Crippen molar-refractivity contribution < 1.29 is 4.21 Å². The van der Waals surface area contributed by atoms with Gasteiger partial charge in [0.1, 0.15) is 0 Å². The normalized spacial score (nSPS) is 14.9. The summed E-state index contributed by atoms with van der Waals surface area (Å²) in [6.07, 6.45) is 1.72. The Labute approximate surface area is 102 Å². The smallest absolute Gasteiger partial charge is 0.0561 e. The van der Waals surface area contributed by atoms with Crippen LogP contribution < -0.4 is 5.73 Å². The fraction of sp³-hybridized carbons (Fsp3) is 0.455. The first-order chi connectivity index (χ1) is 7.19. The molecular formula is C11H16BrNOS. The molecule has 0 spiro atoms. The van der Waals surface area contributed by atoms with Gasteiger partial charge in [0.05, 0.1) is 10.8 Å². The topological polar surface area (TPSA) is 43.1 Å². The van der Waals surface area contributed by atoms with Crippen molar-refractivity contribution in [1.29, 1.82) is 0 Å². The molecule has 84 valence electrons. The van der Waals surface area contributed by atoms with Crippen LogP contribution in [0.3, 0.4) is 0 Å². The quantitative estimate of drug-likeness (QED) is 0.906. The van der Waals surface area contributed by atoms with Crippen molar-refractivity contribution in [3.05, 3.63) is 28.7 Å². The van der Waals surface area contributed by atoms with Crippen LogP contribution in [0.4, 0.5) is 0 Å². The van der Waals surface area contributed by atoms with Crippen LogP contribution in [0, 0.1) is 0 Å². The average molecular weight is 290 g/mol. The minimum Gasteiger partial charge on any atom is -0.330 e. The number of nitrogens with two attached hydrogens (primary N) is 1. The number of hydrogen-bond acceptors (Lipinski definition) is 2. The molecule has 2 atom stereocenters. The summed E-state index contributed by atoms with van der Waals surface area (Å²) in [6, 6.07) is 7.64. The molecule has 0 aliphatic heterocycles. The maximum Gasteiger partial charge on any atom is 0.0561 e. The second-order valence-electron chi connectivity index (χ2n) is 3.36. The van der Waals surface area contributed by atoms with Gasteiger partial charge in [-0.15, -0.1) is 0 Å². The second kappa shape index (κ2) is 6.40. The number of hydrogen-bond donors (Lipinski definition) is 1. The van der Waals surface area contributed by atoms with E-state index in [1.165, 1.54) is 0 Å². The van der Waals surface area contributed by atoms with E-state index in [0.717, 1.165) is 22.2 Å². The zero-order valence-corrected chi connectivity index (χ0v) is 11.2. The van der Waals surface area contributed by atoms with Gasteiger partial charge in [-0.3, -0.25) is 4.21 Å². The van der Waals surface area contributed by atoms with E-state index in [1.54, 1.807) is 0 Å². The van der Waals surface area contributed by atoms with Gasteiger partial charge in [-0.05, 0) is 43.7 Å². The van der Waals surface area contributed by atoms with Crippen molar-refractivity contribution in [3.63, 3.8) is 0 Å². The Bertz CT molecular complexity index is 326. The van der Waals surface area contributed by atoms with Crippen LogP contribution in [0.1, 0.15) is 19.8 Å². The van der Waals surface area contributed by atoms with E-state index < -0.39 is 10.8 Å². The largest absolute Gasteiger partial charge is 0.330 e. The van der Waals surface area contributed by atoms with Crippen molar-refractivity contribution in [2.45, 2.75) is 29.9 Å². The molecule has 1 aromatic carbocycles. The van der Waals surface area contributed by atoms with Gasteiger partial charge in [0, 0.05) is 14.6 Å². The molecule has 0 bridgehead atoms. The third kappa shape index (κ3) is 3.70. The Morgan fingerprint density at radius 2 is 2.00 bits per heavy atom. The van der Waals surface area contributed by atoms with E-state index in [9.17, 15) is 4.21 Å². The van der Waals surface area contributed by atoms with Crippen LogP contribution in [0.2, 0.25) is 0 Å². The molecule has 0 fully saturated rings. The number of benzene rings is 1. The lowest BCUT2D eigenvalue weighted by Crippen LogP contribution is -2.18. The Hall–Kier alpha value is -0.190. The third-order valence-corrected chi connectivity index (χ3v) is 4.73. The van der Waals surface area contributed by atoms with Gasteiger partial charge >= 0.3 is 0 Å². The molecule has 2 unspecified atom stereocenters. The molecule has 0 radical (unpaired) electrons. The van der Waals surface area contributed by atoms with Crippen molar-refractivity contribution >= 4 is 26.7 Å². The molecule has 1 aromatic rings. The van der Waals surface area contributed by atoms with E-state index in [0.29, 0.717) is 6.54 Å². The fourth-order valence-corrected chi connectivity index (χ4v) is 3.12. The summed E-state index contributed by atoms with van der Waals surface area (Å²) < 4.78 is 13.1. The molecule has 0 saturated heterocycles. The molecule has 0 aliphatic rings. The lowest BCUT2D eigenvalue weighted by molar-refractivity contribution is 0.650. The number of rotatable bonds is 5. The van der Waals surface area contributed by atoms with Crippen LogP contribution in [0.25, 0.3) is 0 Å². The summed E-state index contributed by atoms with van der Waals surface area (Å²) in [5.74, 6) is 0. The number of halogens is 1. The Morgan fingerprint density at radius 1 is 1.40 bits per heavy atom. The first-order valence-corrected chi connectivity index (χ1v) is 7.05. The van der Waals surface area contributed by atoms with Crippen LogP contribution in [-0.4, -0.2) is 16.0 Å². The second-order valence-corrected chi connectivity index (χ2v) is 6.01. The van der Waals surface area contributed by atoms with Gasteiger partial charge in [0.15, 0.2) is 0 Å².